The highest BCUT2D eigenvalue weighted by molar-refractivity contribution is 7.89. The van der Waals surface area contributed by atoms with Crippen LogP contribution in [0.4, 0.5) is 0 Å². The zero-order valence-electron chi connectivity index (χ0n) is 14.6. The van der Waals surface area contributed by atoms with E-state index >= 15 is 0 Å². The number of benzene rings is 1. The lowest BCUT2D eigenvalue weighted by molar-refractivity contribution is 0.190. The van der Waals surface area contributed by atoms with Crippen LogP contribution >= 0.6 is 0 Å². The van der Waals surface area contributed by atoms with E-state index in [0.29, 0.717) is 17.3 Å². The van der Waals surface area contributed by atoms with Crippen LogP contribution in [0.1, 0.15) is 25.7 Å². The topological polar surface area (TPSA) is 100 Å². The number of rotatable bonds is 5. The average molecular weight is 365 g/mol. The molecule has 1 unspecified atom stereocenters. The van der Waals surface area contributed by atoms with Gasteiger partial charge in [0.05, 0.1) is 10.9 Å². The van der Waals surface area contributed by atoms with Crippen LogP contribution in [0.2, 0.25) is 0 Å². The summed E-state index contributed by atoms with van der Waals surface area (Å²) in [6.45, 7) is 6.15. The van der Waals surface area contributed by atoms with Gasteiger partial charge < -0.3 is 9.84 Å². The summed E-state index contributed by atoms with van der Waals surface area (Å²) in [5.41, 5.74) is 0.580. The van der Waals surface area contributed by atoms with Crippen molar-refractivity contribution in [2.45, 2.75) is 30.8 Å². The summed E-state index contributed by atoms with van der Waals surface area (Å²) in [6, 6.07) is 6.38. The van der Waals surface area contributed by atoms with Crippen molar-refractivity contribution in [3.63, 3.8) is 0 Å². The van der Waals surface area contributed by atoms with E-state index < -0.39 is 10.0 Å². The summed E-state index contributed by atoms with van der Waals surface area (Å²) >= 11 is 0. The molecule has 1 saturated heterocycles. The minimum atomic E-state index is -3.57. The Kier molecular flexibility index (Phi) is 5.19. The van der Waals surface area contributed by atoms with Crippen molar-refractivity contribution in [2.24, 2.45) is 0 Å². The lowest BCUT2D eigenvalue weighted by atomic mass is 10.2. The third-order valence-corrected chi connectivity index (χ3v) is 5.69. The molecule has 136 valence electrons. The molecule has 1 aliphatic rings. The van der Waals surface area contributed by atoms with Gasteiger partial charge in [-0.25, -0.2) is 13.1 Å². The van der Waals surface area contributed by atoms with Crippen molar-refractivity contribution in [3.8, 4) is 11.5 Å². The Morgan fingerprint density at radius 3 is 2.92 bits per heavy atom. The summed E-state index contributed by atoms with van der Waals surface area (Å²) in [4.78, 5) is 6.81. The highest BCUT2D eigenvalue weighted by atomic mass is 32.2. The van der Waals surface area contributed by atoms with Crippen molar-refractivity contribution < 1.29 is 12.9 Å². The quantitative estimate of drug-likeness (QED) is 0.815. The molecule has 1 aromatic heterocycles. The first-order valence-electron chi connectivity index (χ1n) is 8.24. The minimum Gasteiger partial charge on any atom is -0.334 e. The molecular formula is C16H23N5O3S. The molecule has 0 aliphatic carbocycles. The van der Waals surface area contributed by atoms with Crippen molar-refractivity contribution in [1.82, 2.24) is 25.1 Å². The molecule has 25 heavy (non-hydrogen) atoms. The highest BCUT2D eigenvalue weighted by Gasteiger charge is 2.26. The number of nitrogens with one attached hydrogen (secondary N) is 2. The third kappa shape index (κ3) is 4.06. The van der Waals surface area contributed by atoms with Crippen molar-refractivity contribution in [3.05, 3.63) is 30.1 Å². The van der Waals surface area contributed by atoms with E-state index in [4.69, 9.17) is 4.52 Å². The average Bonchev–Trinajstić information content (AvgIpc) is 3.04. The predicted octanol–water partition coefficient (Wildman–Crippen LogP) is 0.999. The number of sulfonamides is 1. The van der Waals surface area contributed by atoms with Gasteiger partial charge in [-0.05, 0) is 39.1 Å². The number of piperazine rings is 1. The second kappa shape index (κ2) is 7.20. The summed E-state index contributed by atoms with van der Waals surface area (Å²) in [5.74, 6) is 0.911. The maximum Gasteiger partial charge on any atom is 0.258 e. The second-order valence-electron chi connectivity index (χ2n) is 6.46. The predicted molar refractivity (Wildman–Crippen MR) is 93.4 cm³/mol. The molecule has 2 aromatic rings. The monoisotopic (exact) mass is 365 g/mol. The molecule has 2 heterocycles. The Labute approximate surface area is 147 Å². The van der Waals surface area contributed by atoms with E-state index in [1.807, 2.05) is 7.05 Å². The molecule has 1 fully saturated rings. The van der Waals surface area contributed by atoms with E-state index in [9.17, 15) is 8.42 Å². The number of nitrogens with zero attached hydrogens (tertiary/aromatic N) is 3. The lowest BCUT2D eigenvalue weighted by Crippen LogP contribution is -2.44. The molecule has 3 rings (SSSR count). The van der Waals surface area contributed by atoms with Gasteiger partial charge in [-0.15, -0.1) is 0 Å². The second-order valence-corrected chi connectivity index (χ2v) is 8.18. The van der Waals surface area contributed by atoms with Crippen LogP contribution < -0.4 is 10.0 Å². The van der Waals surface area contributed by atoms with E-state index in [0.717, 1.165) is 19.6 Å². The van der Waals surface area contributed by atoms with Gasteiger partial charge in [-0.3, -0.25) is 4.90 Å². The summed E-state index contributed by atoms with van der Waals surface area (Å²) in [7, 11) is -1.55. The maximum absolute atomic E-state index is 12.3. The van der Waals surface area contributed by atoms with Gasteiger partial charge in [-0.2, -0.15) is 4.98 Å². The van der Waals surface area contributed by atoms with Gasteiger partial charge in [0, 0.05) is 31.2 Å². The van der Waals surface area contributed by atoms with Gasteiger partial charge in [0.1, 0.15) is 0 Å². The van der Waals surface area contributed by atoms with E-state index in [1.165, 1.54) is 0 Å². The molecule has 0 saturated carbocycles. The number of hydrogen-bond acceptors (Lipinski definition) is 7. The summed E-state index contributed by atoms with van der Waals surface area (Å²) < 4.78 is 32.6. The fourth-order valence-corrected chi connectivity index (χ4v) is 4.05. The molecular weight excluding hydrogens is 342 g/mol. The SMILES string of the molecule is CC(C)NS(=O)(=O)c1cccc(-c2nc(C3CNCCN3C)no2)c1. The molecule has 0 amide bonds. The Morgan fingerprint density at radius 2 is 2.20 bits per heavy atom. The molecule has 2 N–H and O–H groups in total. The first-order valence-corrected chi connectivity index (χ1v) is 9.72. The minimum absolute atomic E-state index is 0.0424. The smallest absolute Gasteiger partial charge is 0.258 e. The van der Waals surface area contributed by atoms with Crippen molar-refractivity contribution >= 4 is 10.0 Å². The van der Waals surface area contributed by atoms with Crippen LogP contribution in [0.3, 0.4) is 0 Å². The highest BCUT2D eigenvalue weighted by Crippen LogP contribution is 2.24. The zero-order chi connectivity index (χ0) is 18.0. The van der Waals surface area contributed by atoms with Crippen LogP contribution in [0.15, 0.2) is 33.7 Å². The number of likely N-dealkylation sites (N-methyl/N-ethyl adjacent to an activating group) is 1. The van der Waals surface area contributed by atoms with E-state index in [-0.39, 0.29) is 17.0 Å². The van der Waals surface area contributed by atoms with Crippen LogP contribution in [0, 0.1) is 0 Å². The Balaban J connectivity index is 1.87. The molecule has 0 bridgehead atoms. The summed E-state index contributed by atoms with van der Waals surface area (Å²) in [6.07, 6.45) is 0. The van der Waals surface area contributed by atoms with Gasteiger partial charge >= 0.3 is 0 Å². The van der Waals surface area contributed by atoms with Crippen molar-refractivity contribution in [1.29, 1.82) is 0 Å². The largest absolute Gasteiger partial charge is 0.334 e. The standard InChI is InChI=1S/C16H23N5O3S/c1-11(2)20-25(22,23)13-6-4-5-12(9-13)16-18-15(19-24-16)14-10-17-7-8-21(14)3/h4-6,9,11,14,17,20H,7-8,10H2,1-3H3. The molecule has 1 aromatic carbocycles. The third-order valence-electron chi connectivity index (χ3n) is 4.03. The van der Waals surface area contributed by atoms with Gasteiger partial charge in [-0.1, -0.05) is 11.2 Å². The Morgan fingerprint density at radius 1 is 1.40 bits per heavy atom. The number of hydrogen-bond donors (Lipinski definition) is 2. The zero-order valence-corrected chi connectivity index (χ0v) is 15.4. The van der Waals surface area contributed by atoms with E-state index in [2.05, 4.69) is 25.1 Å². The molecule has 8 nitrogen and oxygen atoms in total. The first-order chi connectivity index (χ1) is 11.9. The summed E-state index contributed by atoms with van der Waals surface area (Å²) in [5, 5.41) is 7.38. The molecule has 1 atom stereocenters. The first kappa shape index (κ1) is 18.0. The maximum atomic E-state index is 12.3. The van der Waals surface area contributed by atoms with Gasteiger partial charge in [0.15, 0.2) is 5.82 Å². The fourth-order valence-electron chi connectivity index (χ4n) is 2.76. The Hall–Kier alpha value is -1.81. The Bertz CT molecular complexity index is 834. The number of aromatic nitrogens is 2. The van der Waals surface area contributed by atoms with E-state index in [1.54, 1.807) is 38.1 Å². The van der Waals surface area contributed by atoms with Gasteiger partial charge in [0.25, 0.3) is 5.89 Å². The molecule has 1 aliphatic heterocycles. The normalized spacial score (nSPS) is 19.4. The molecule has 0 spiro atoms. The van der Waals surface area contributed by atoms with Gasteiger partial charge in [0.2, 0.25) is 10.0 Å². The molecule has 9 heteroatoms. The lowest BCUT2D eigenvalue weighted by Gasteiger charge is -2.30. The van der Waals surface area contributed by atoms with Crippen molar-refractivity contribution in [2.75, 3.05) is 26.7 Å². The molecule has 0 radical (unpaired) electrons. The fraction of sp³-hybridized carbons (Fsp3) is 0.500. The van der Waals surface area contributed by atoms with Crippen LogP contribution in [-0.2, 0) is 10.0 Å². The van der Waals surface area contributed by atoms with Crippen LogP contribution in [0.5, 0.6) is 0 Å². The van der Waals surface area contributed by atoms with Crippen LogP contribution in [0.25, 0.3) is 11.5 Å². The van der Waals surface area contributed by atoms with Crippen LogP contribution in [-0.4, -0.2) is 56.2 Å².